The third-order valence-electron chi connectivity index (χ3n) is 5.38. The molecule has 0 spiro atoms. The van der Waals surface area contributed by atoms with E-state index in [-0.39, 0.29) is 12.0 Å². The van der Waals surface area contributed by atoms with Crippen molar-refractivity contribution in [3.63, 3.8) is 0 Å². The van der Waals surface area contributed by atoms with E-state index in [1.54, 1.807) is 4.90 Å². The van der Waals surface area contributed by atoms with E-state index in [1.807, 2.05) is 42.5 Å². The van der Waals surface area contributed by atoms with Gasteiger partial charge in [0.05, 0.1) is 10.7 Å². The predicted octanol–water partition coefficient (Wildman–Crippen LogP) is 4.89. The maximum absolute atomic E-state index is 12.8. The molecular formula is C22H23ClN2O2. The summed E-state index contributed by atoms with van der Waals surface area (Å²) in [7, 11) is 0. The number of rotatable bonds is 4. The molecule has 0 N–H and O–H groups in total. The highest BCUT2D eigenvalue weighted by atomic mass is 35.5. The average molecular weight is 383 g/mol. The molecule has 0 radical (unpaired) electrons. The van der Waals surface area contributed by atoms with E-state index in [2.05, 4.69) is 18.4 Å². The van der Waals surface area contributed by atoms with Gasteiger partial charge in [0.25, 0.3) is 5.91 Å². The van der Waals surface area contributed by atoms with Crippen molar-refractivity contribution in [2.75, 3.05) is 24.5 Å². The van der Waals surface area contributed by atoms with Crippen molar-refractivity contribution in [3.05, 3.63) is 59.6 Å². The third kappa shape index (κ3) is 3.24. The number of piperidine rings is 1. The van der Waals surface area contributed by atoms with Crippen molar-refractivity contribution in [3.8, 4) is 5.75 Å². The highest BCUT2D eigenvalue weighted by molar-refractivity contribution is 6.42. The third-order valence-corrected chi connectivity index (χ3v) is 5.75. The van der Waals surface area contributed by atoms with Crippen LogP contribution in [0.1, 0.15) is 25.3 Å². The summed E-state index contributed by atoms with van der Waals surface area (Å²) in [6.07, 6.45) is 2.12. The van der Waals surface area contributed by atoms with Crippen LogP contribution in [0.15, 0.2) is 49.0 Å². The van der Waals surface area contributed by atoms with Crippen LogP contribution in [0.3, 0.4) is 0 Å². The lowest BCUT2D eigenvalue weighted by atomic mass is 10.1. The second kappa shape index (κ2) is 7.37. The SMILES string of the molecule is C=C1C(=O)N(c2ccccc2)c2ccc(OC3CCN(CC)CC3)c(Cl)c21. The molecule has 4 rings (SSSR count). The van der Waals surface area contributed by atoms with Crippen LogP contribution in [0, 0.1) is 0 Å². The monoisotopic (exact) mass is 382 g/mol. The molecule has 1 fully saturated rings. The van der Waals surface area contributed by atoms with Crippen LogP contribution in [0.25, 0.3) is 5.57 Å². The zero-order valence-corrected chi connectivity index (χ0v) is 16.2. The van der Waals surface area contributed by atoms with E-state index < -0.39 is 0 Å². The number of anilines is 2. The van der Waals surface area contributed by atoms with Gasteiger partial charge in [-0.25, -0.2) is 0 Å². The summed E-state index contributed by atoms with van der Waals surface area (Å²) in [4.78, 5) is 16.9. The molecule has 2 aromatic rings. The summed E-state index contributed by atoms with van der Waals surface area (Å²) < 4.78 is 6.20. The van der Waals surface area contributed by atoms with E-state index in [4.69, 9.17) is 16.3 Å². The van der Waals surface area contributed by atoms with Gasteiger partial charge in [-0.15, -0.1) is 0 Å². The molecule has 2 aromatic carbocycles. The first-order chi connectivity index (χ1) is 13.1. The minimum atomic E-state index is -0.147. The van der Waals surface area contributed by atoms with Gasteiger partial charge >= 0.3 is 0 Å². The minimum absolute atomic E-state index is 0.147. The number of carbonyl (C=O) groups is 1. The zero-order valence-electron chi connectivity index (χ0n) is 15.5. The summed E-state index contributed by atoms with van der Waals surface area (Å²) in [5, 5.41) is 0.474. The lowest BCUT2D eigenvalue weighted by Gasteiger charge is -2.31. The Morgan fingerprint density at radius 3 is 2.52 bits per heavy atom. The van der Waals surface area contributed by atoms with Crippen molar-refractivity contribution in [1.82, 2.24) is 4.90 Å². The highest BCUT2D eigenvalue weighted by Crippen LogP contribution is 2.47. The molecule has 0 unspecified atom stereocenters. The lowest BCUT2D eigenvalue weighted by molar-refractivity contribution is -0.112. The number of para-hydroxylation sites is 1. The van der Waals surface area contributed by atoms with Crippen LogP contribution in [0.4, 0.5) is 11.4 Å². The molecule has 0 aromatic heterocycles. The molecule has 0 saturated carbocycles. The Morgan fingerprint density at radius 2 is 1.85 bits per heavy atom. The van der Waals surface area contributed by atoms with Crippen molar-refractivity contribution in [2.24, 2.45) is 0 Å². The first-order valence-electron chi connectivity index (χ1n) is 9.40. The number of carbonyl (C=O) groups excluding carboxylic acids is 1. The summed E-state index contributed by atoms with van der Waals surface area (Å²) >= 11 is 6.67. The number of fused-ring (bicyclic) bond motifs is 1. The molecule has 0 aliphatic carbocycles. The number of likely N-dealkylation sites (tertiary alicyclic amines) is 1. The second-order valence-corrected chi connectivity index (χ2v) is 7.36. The molecular weight excluding hydrogens is 360 g/mol. The predicted molar refractivity (Wildman–Crippen MR) is 110 cm³/mol. The first-order valence-corrected chi connectivity index (χ1v) is 9.78. The standard InChI is InChI=1S/C22H23ClN2O2/c1-3-24-13-11-17(12-14-24)27-19-10-9-18-20(21(19)23)15(2)22(26)25(18)16-7-5-4-6-8-16/h4-10,17H,2-3,11-14H2,1H3. The normalized spacial score (nSPS) is 18.1. The number of hydrogen-bond acceptors (Lipinski definition) is 3. The van der Waals surface area contributed by atoms with Gasteiger partial charge in [0.2, 0.25) is 0 Å². The minimum Gasteiger partial charge on any atom is -0.489 e. The Labute approximate surface area is 165 Å². The molecule has 1 amide bonds. The Kier molecular flexibility index (Phi) is 4.94. The van der Waals surface area contributed by atoms with Crippen molar-refractivity contribution >= 4 is 34.5 Å². The Balaban J connectivity index is 1.62. The van der Waals surface area contributed by atoms with Gasteiger partial charge in [-0.3, -0.25) is 9.69 Å². The van der Waals surface area contributed by atoms with Crippen LogP contribution < -0.4 is 9.64 Å². The Bertz CT molecular complexity index is 873. The molecule has 2 heterocycles. The van der Waals surface area contributed by atoms with Crippen LogP contribution in [-0.2, 0) is 4.79 Å². The summed E-state index contributed by atoms with van der Waals surface area (Å²) in [6, 6.07) is 13.3. The van der Waals surface area contributed by atoms with Crippen molar-refractivity contribution < 1.29 is 9.53 Å². The van der Waals surface area contributed by atoms with Crippen LogP contribution >= 0.6 is 11.6 Å². The maximum Gasteiger partial charge on any atom is 0.262 e. The molecule has 5 heteroatoms. The van der Waals surface area contributed by atoms with Gasteiger partial charge in [-0.2, -0.15) is 0 Å². The fourth-order valence-corrected chi connectivity index (χ4v) is 4.14. The van der Waals surface area contributed by atoms with E-state index >= 15 is 0 Å². The average Bonchev–Trinajstić information content (AvgIpc) is 2.96. The number of nitrogens with zero attached hydrogens (tertiary/aromatic N) is 2. The number of hydrogen-bond donors (Lipinski definition) is 0. The van der Waals surface area contributed by atoms with Gasteiger partial charge < -0.3 is 9.64 Å². The van der Waals surface area contributed by atoms with Gasteiger partial charge in [0.1, 0.15) is 11.9 Å². The maximum atomic E-state index is 12.8. The molecule has 2 aliphatic rings. The number of amides is 1. The van der Waals surface area contributed by atoms with E-state index in [0.29, 0.717) is 21.9 Å². The van der Waals surface area contributed by atoms with Gasteiger partial charge in [-0.05, 0) is 43.7 Å². The van der Waals surface area contributed by atoms with Gasteiger partial charge in [-0.1, -0.05) is 43.3 Å². The van der Waals surface area contributed by atoms with Crippen LogP contribution in [0.5, 0.6) is 5.75 Å². The first kappa shape index (κ1) is 18.1. The van der Waals surface area contributed by atoms with E-state index in [9.17, 15) is 4.79 Å². The molecule has 1 saturated heterocycles. The largest absolute Gasteiger partial charge is 0.489 e. The number of ether oxygens (including phenoxy) is 1. The van der Waals surface area contributed by atoms with Crippen molar-refractivity contribution in [2.45, 2.75) is 25.9 Å². The fraction of sp³-hybridized carbons (Fsp3) is 0.318. The molecule has 0 atom stereocenters. The molecule has 27 heavy (non-hydrogen) atoms. The quantitative estimate of drug-likeness (QED) is 0.705. The highest BCUT2D eigenvalue weighted by Gasteiger charge is 2.35. The second-order valence-electron chi connectivity index (χ2n) is 6.98. The number of benzene rings is 2. The van der Waals surface area contributed by atoms with Crippen molar-refractivity contribution in [1.29, 1.82) is 0 Å². The van der Waals surface area contributed by atoms with E-state index in [1.165, 1.54) is 0 Å². The Morgan fingerprint density at radius 1 is 1.15 bits per heavy atom. The molecule has 140 valence electrons. The summed E-state index contributed by atoms with van der Waals surface area (Å²) in [6.45, 7) is 9.31. The molecule has 2 aliphatic heterocycles. The smallest absolute Gasteiger partial charge is 0.262 e. The fourth-order valence-electron chi connectivity index (χ4n) is 3.82. The molecule has 0 bridgehead atoms. The zero-order chi connectivity index (χ0) is 19.0. The lowest BCUT2D eigenvalue weighted by Crippen LogP contribution is -2.38. The van der Waals surface area contributed by atoms with Gasteiger partial charge in [0.15, 0.2) is 0 Å². The topological polar surface area (TPSA) is 32.8 Å². The molecule has 4 nitrogen and oxygen atoms in total. The number of halogens is 1. The summed E-state index contributed by atoms with van der Waals surface area (Å²) in [5.41, 5.74) is 2.65. The Hall–Kier alpha value is -2.30. The van der Waals surface area contributed by atoms with Crippen LogP contribution in [-0.4, -0.2) is 36.5 Å². The van der Waals surface area contributed by atoms with E-state index in [0.717, 1.165) is 43.9 Å². The van der Waals surface area contributed by atoms with Gasteiger partial charge in [0, 0.05) is 29.9 Å². The van der Waals surface area contributed by atoms with Crippen LogP contribution in [0.2, 0.25) is 5.02 Å². The summed E-state index contributed by atoms with van der Waals surface area (Å²) in [5.74, 6) is 0.487.